The summed E-state index contributed by atoms with van der Waals surface area (Å²) < 4.78 is 14.0. The maximum absolute atomic E-state index is 7.08. The summed E-state index contributed by atoms with van der Waals surface area (Å²) in [6.07, 6.45) is 38.2. The van der Waals surface area contributed by atoms with Crippen molar-refractivity contribution >= 4 is 43.9 Å². The molecule has 4 aliphatic carbocycles. The highest BCUT2D eigenvalue weighted by Crippen LogP contribution is 2.65. The smallest absolute Gasteiger partial charge is 0.144 e. The van der Waals surface area contributed by atoms with Crippen LogP contribution in [0.1, 0.15) is 302 Å². The number of fused-ring (bicyclic) bond motifs is 22. The third-order valence-corrected chi connectivity index (χ3v) is 25.4. The summed E-state index contributed by atoms with van der Waals surface area (Å²) in [6, 6.07) is 64.9. The number of hydrogen-bond acceptors (Lipinski definition) is 2. The van der Waals surface area contributed by atoms with Gasteiger partial charge in [0.25, 0.3) is 0 Å². The van der Waals surface area contributed by atoms with Gasteiger partial charge in [-0.3, -0.25) is 0 Å². The first-order valence-electron chi connectivity index (χ1n) is 40.1. The molecule has 0 bridgehead atoms. The molecule has 9 aromatic carbocycles. The number of unbranched alkanes of at least 4 members (excludes halogenated alkanes) is 20. The van der Waals surface area contributed by atoms with E-state index in [-0.39, 0.29) is 27.6 Å². The molecule has 2 heteroatoms. The van der Waals surface area contributed by atoms with Crippen LogP contribution in [0.4, 0.5) is 0 Å². The van der Waals surface area contributed by atoms with Crippen LogP contribution in [0.15, 0.2) is 173 Å². The van der Waals surface area contributed by atoms with Crippen molar-refractivity contribution in [1.82, 2.24) is 0 Å². The van der Waals surface area contributed by atoms with Gasteiger partial charge in [0.2, 0.25) is 0 Å². The van der Waals surface area contributed by atoms with Crippen LogP contribution in [0, 0.1) is 0 Å². The van der Waals surface area contributed by atoms with Crippen LogP contribution in [0.5, 0.6) is 0 Å². The number of benzene rings is 9. The van der Waals surface area contributed by atoms with Gasteiger partial charge in [0.15, 0.2) is 0 Å². The summed E-state index contributed by atoms with van der Waals surface area (Å²) in [5, 5.41) is 5.10. The lowest BCUT2D eigenvalue weighted by Crippen LogP contribution is -2.27. The van der Waals surface area contributed by atoms with Crippen molar-refractivity contribution in [3.05, 3.63) is 225 Å². The summed E-state index contributed by atoms with van der Waals surface area (Å²) in [6.45, 7) is 19.4. The van der Waals surface area contributed by atoms with Gasteiger partial charge in [-0.05, 0) is 175 Å². The lowest BCUT2D eigenvalue weighted by atomic mass is 9.68. The van der Waals surface area contributed by atoms with Crippen LogP contribution in [0.2, 0.25) is 0 Å². The monoisotopic (exact) mass is 1310 g/mol. The Morgan fingerprint density at radius 2 is 0.747 bits per heavy atom. The van der Waals surface area contributed by atoms with Gasteiger partial charge in [0.1, 0.15) is 22.3 Å². The number of rotatable bonds is 33. The van der Waals surface area contributed by atoms with E-state index in [1.165, 1.54) is 279 Å². The molecule has 0 N–H and O–H groups in total. The van der Waals surface area contributed by atoms with Crippen LogP contribution in [-0.4, -0.2) is 0 Å². The van der Waals surface area contributed by atoms with E-state index >= 15 is 0 Å². The first kappa shape index (κ1) is 67.4. The fourth-order valence-corrected chi connectivity index (χ4v) is 20.4. The summed E-state index contributed by atoms with van der Waals surface area (Å²) in [4.78, 5) is 0. The molecule has 0 radical (unpaired) electrons. The van der Waals surface area contributed by atoms with E-state index in [0.717, 1.165) is 35.2 Å². The molecule has 11 aromatic rings. The lowest BCUT2D eigenvalue weighted by molar-refractivity contribution is 0.394. The largest absolute Gasteiger partial charge is 0.456 e. The number of furan rings is 2. The topological polar surface area (TPSA) is 26.3 Å². The average Bonchev–Trinajstić information content (AvgIpc) is 1.51. The Bertz CT molecular complexity index is 4670. The number of para-hydroxylation sites is 2. The average molecular weight is 1310 g/mol. The minimum atomic E-state index is -0.244. The summed E-state index contributed by atoms with van der Waals surface area (Å²) in [5.41, 5.74) is 31.4. The molecular weight excluding hydrogens is 1200 g/mol. The van der Waals surface area contributed by atoms with Crippen molar-refractivity contribution in [2.45, 2.75) is 276 Å². The molecule has 0 saturated carbocycles. The first-order valence-corrected chi connectivity index (χ1v) is 40.1. The third-order valence-electron chi connectivity index (χ3n) is 25.4. The first-order chi connectivity index (χ1) is 48.5. The van der Waals surface area contributed by atoms with Crippen molar-refractivity contribution in [3.8, 4) is 44.5 Å². The van der Waals surface area contributed by atoms with E-state index in [0.29, 0.717) is 0 Å². The molecule has 2 heterocycles. The predicted octanol–water partition coefficient (Wildman–Crippen LogP) is 29.2. The maximum atomic E-state index is 7.08. The Labute approximate surface area is 594 Å². The Balaban J connectivity index is 0.859. The maximum Gasteiger partial charge on any atom is 0.144 e. The molecule has 2 aromatic heterocycles. The zero-order valence-electron chi connectivity index (χ0n) is 61.7. The normalized spacial score (nSPS) is 15.6. The number of hydrogen-bond donors (Lipinski definition) is 0. The SMILES string of the molecule is CCCCCCCCC1(CCCCCCCC)c2cc(CC(Cc3ccc4c(c3)C(C)(C)c3c5c(c6oc7ccccc7c6c3-4)-c3ccccc3C5(C)C)c3ccccc3)ccc2-c2cc3c(cc21)-c1c(ccc2oc4ccccc4c12)C3(CCCCCCCC)CCCCCCCC. The van der Waals surface area contributed by atoms with Crippen LogP contribution in [0.3, 0.4) is 0 Å². The molecule has 0 saturated heterocycles. The van der Waals surface area contributed by atoms with Gasteiger partial charge in [-0.2, -0.15) is 0 Å². The Morgan fingerprint density at radius 1 is 0.303 bits per heavy atom. The molecule has 0 amide bonds. The standard InChI is InChI=1S/C97H112O2/c1-9-13-17-21-25-38-56-96(57-39-26-22-18-14-10-2)78-54-55-85-87(73-45-33-36-48-83(73)98-85)86(78)76-65-81-75(64-82(76)96)70-52-50-67(63-80(70)97(81,58-40-27-23-19-15-11-3)59-41-28-24-20-16-12-4)61-69(68-42-30-29-31-43-68)60-66-51-53-72-79(62-66)95(7,8)91-88(72)89-74-46-34-37-49-84(74)99-93(89)90-71-44-32-35-47-77(71)94(5,6)92(90)91/h29-37,42-55,62-65,69H,9-28,38-41,56-61H2,1-8H3. The molecule has 0 aliphatic heterocycles. The van der Waals surface area contributed by atoms with Crippen molar-refractivity contribution in [2.75, 3.05) is 0 Å². The molecule has 2 nitrogen and oxygen atoms in total. The Hall–Kier alpha value is -7.42. The summed E-state index contributed by atoms with van der Waals surface area (Å²) in [5.74, 6) is 0.281. The van der Waals surface area contributed by atoms with Crippen molar-refractivity contribution in [1.29, 1.82) is 0 Å². The van der Waals surface area contributed by atoms with Crippen LogP contribution in [-0.2, 0) is 34.5 Å². The van der Waals surface area contributed by atoms with Gasteiger partial charge in [-0.25, -0.2) is 0 Å². The second-order valence-corrected chi connectivity index (χ2v) is 32.5. The molecule has 0 spiro atoms. The molecular formula is C97H112O2. The lowest BCUT2D eigenvalue weighted by Gasteiger charge is -2.35. The van der Waals surface area contributed by atoms with Crippen LogP contribution >= 0.6 is 0 Å². The molecule has 512 valence electrons. The molecule has 0 fully saturated rings. The van der Waals surface area contributed by atoms with Crippen molar-refractivity contribution in [2.24, 2.45) is 0 Å². The van der Waals surface area contributed by atoms with Crippen molar-refractivity contribution in [3.63, 3.8) is 0 Å². The highest BCUT2D eigenvalue weighted by Gasteiger charge is 2.51. The summed E-state index contributed by atoms with van der Waals surface area (Å²) in [7, 11) is 0. The van der Waals surface area contributed by atoms with E-state index < -0.39 is 0 Å². The van der Waals surface area contributed by atoms with E-state index in [1.54, 1.807) is 27.8 Å². The molecule has 4 aliphatic rings. The van der Waals surface area contributed by atoms with E-state index in [1.807, 2.05) is 0 Å². The Kier molecular flexibility index (Phi) is 19.4. The Morgan fingerprint density at radius 3 is 1.35 bits per heavy atom. The highest BCUT2D eigenvalue weighted by atomic mass is 16.3. The fourth-order valence-electron chi connectivity index (χ4n) is 20.4. The van der Waals surface area contributed by atoms with Crippen LogP contribution in [0.25, 0.3) is 88.4 Å². The third kappa shape index (κ3) is 11.9. The molecule has 15 rings (SSSR count). The minimum Gasteiger partial charge on any atom is -0.456 e. The second-order valence-electron chi connectivity index (χ2n) is 32.5. The molecule has 99 heavy (non-hydrogen) atoms. The van der Waals surface area contributed by atoms with Gasteiger partial charge in [-0.1, -0.05) is 343 Å². The van der Waals surface area contributed by atoms with E-state index in [4.69, 9.17) is 8.83 Å². The van der Waals surface area contributed by atoms with E-state index in [2.05, 4.69) is 219 Å². The zero-order chi connectivity index (χ0) is 67.9. The van der Waals surface area contributed by atoms with Gasteiger partial charge in [-0.15, -0.1) is 0 Å². The summed E-state index contributed by atoms with van der Waals surface area (Å²) >= 11 is 0. The van der Waals surface area contributed by atoms with Gasteiger partial charge in [0.05, 0.1) is 0 Å². The van der Waals surface area contributed by atoms with E-state index in [9.17, 15) is 0 Å². The fraction of sp³-hybridized carbons (Fsp3) is 0.443. The quantitative estimate of drug-likeness (QED) is 0.0383. The predicted molar refractivity (Wildman–Crippen MR) is 424 cm³/mol. The molecule has 1 unspecified atom stereocenters. The second kappa shape index (κ2) is 28.5. The van der Waals surface area contributed by atoms with Gasteiger partial charge in [0, 0.05) is 48.8 Å². The van der Waals surface area contributed by atoms with Crippen molar-refractivity contribution < 1.29 is 8.83 Å². The minimum absolute atomic E-state index is 0.0630. The van der Waals surface area contributed by atoms with Crippen LogP contribution < -0.4 is 0 Å². The molecule has 1 atom stereocenters. The van der Waals surface area contributed by atoms with Gasteiger partial charge < -0.3 is 8.83 Å². The zero-order valence-corrected chi connectivity index (χ0v) is 61.7. The van der Waals surface area contributed by atoms with Gasteiger partial charge >= 0.3 is 0 Å². The highest BCUT2D eigenvalue weighted by molar-refractivity contribution is 6.21.